The molecule has 4 nitrogen and oxygen atoms in total. The third-order valence-electron chi connectivity index (χ3n) is 3.07. The molecule has 0 aliphatic heterocycles. The molecule has 2 rings (SSSR count). The van der Waals surface area contributed by atoms with E-state index in [0.717, 1.165) is 5.56 Å². The second-order valence-corrected chi connectivity index (χ2v) is 5.42. The number of nitro groups is 1. The van der Waals surface area contributed by atoms with Crippen molar-refractivity contribution in [2.75, 3.05) is 0 Å². The van der Waals surface area contributed by atoms with Crippen LogP contribution in [0.2, 0.25) is 0 Å². The molecular weight excluding hydrogens is 260 g/mol. The topological polar surface area (TPSA) is 55.2 Å². The second-order valence-electron chi connectivity index (χ2n) is 4.44. The van der Waals surface area contributed by atoms with Crippen LogP contribution >= 0.6 is 11.3 Å². The highest BCUT2D eigenvalue weighted by Crippen LogP contribution is 2.27. The van der Waals surface area contributed by atoms with Crippen molar-refractivity contribution in [3.05, 3.63) is 62.3 Å². The quantitative estimate of drug-likeness (QED) is 0.661. The standard InChI is InChI=1S/C14H16N2O2S/c1-10(15-11(2)14-8-5-9-19-14)12-6-3-4-7-13(12)16(17)18/h3-11,15H,1-2H3/t10?,11-/m1/s1. The summed E-state index contributed by atoms with van der Waals surface area (Å²) in [5.74, 6) is 0. The van der Waals surface area contributed by atoms with E-state index in [1.807, 2.05) is 24.4 Å². The summed E-state index contributed by atoms with van der Waals surface area (Å²) in [6.45, 7) is 4.02. The molecule has 2 atom stereocenters. The number of benzene rings is 1. The number of nitro benzene ring substituents is 1. The molecule has 0 aliphatic rings. The molecule has 1 unspecified atom stereocenters. The van der Waals surface area contributed by atoms with Crippen LogP contribution in [-0.4, -0.2) is 4.92 Å². The lowest BCUT2D eigenvalue weighted by Gasteiger charge is -2.19. The van der Waals surface area contributed by atoms with Crippen LogP contribution in [0.5, 0.6) is 0 Å². The summed E-state index contributed by atoms with van der Waals surface area (Å²) < 4.78 is 0. The normalized spacial score (nSPS) is 14.0. The summed E-state index contributed by atoms with van der Waals surface area (Å²) in [5.41, 5.74) is 0.886. The summed E-state index contributed by atoms with van der Waals surface area (Å²) in [6.07, 6.45) is 0. The molecular formula is C14H16N2O2S. The van der Waals surface area contributed by atoms with Gasteiger partial charge in [-0.15, -0.1) is 11.3 Å². The number of nitrogens with zero attached hydrogens (tertiary/aromatic N) is 1. The van der Waals surface area contributed by atoms with Gasteiger partial charge in [0.1, 0.15) is 0 Å². The lowest BCUT2D eigenvalue weighted by Crippen LogP contribution is -2.22. The summed E-state index contributed by atoms with van der Waals surface area (Å²) in [5, 5.41) is 16.5. The highest BCUT2D eigenvalue weighted by atomic mass is 32.1. The number of hydrogen-bond acceptors (Lipinski definition) is 4. The van der Waals surface area contributed by atoms with E-state index in [1.165, 1.54) is 4.88 Å². The molecule has 0 fully saturated rings. The molecule has 0 radical (unpaired) electrons. The fourth-order valence-electron chi connectivity index (χ4n) is 2.10. The zero-order valence-corrected chi connectivity index (χ0v) is 11.7. The molecule has 0 amide bonds. The first kappa shape index (κ1) is 13.7. The first-order valence-electron chi connectivity index (χ1n) is 6.12. The Kier molecular flexibility index (Phi) is 4.29. The van der Waals surface area contributed by atoms with Crippen molar-refractivity contribution in [3.63, 3.8) is 0 Å². The molecule has 0 aliphatic carbocycles. The van der Waals surface area contributed by atoms with E-state index in [1.54, 1.807) is 29.5 Å². The lowest BCUT2D eigenvalue weighted by atomic mass is 10.1. The minimum absolute atomic E-state index is 0.0706. The van der Waals surface area contributed by atoms with Gasteiger partial charge in [0, 0.05) is 28.6 Å². The molecule has 0 saturated carbocycles. The van der Waals surface area contributed by atoms with Gasteiger partial charge in [-0.1, -0.05) is 24.3 Å². The van der Waals surface area contributed by atoms with Crippen LogP contribution in [0.15, 0.2) is 41.8 Å². The Bertz CT molecular complexity index is 554. The Morgan fingerprint density at radius 1 is 1.16 bits per heavy atom. The van der Waals surface area contributed by atoms with E-state index in [-0.39, 0.29) is 22.7 Å². The number of hydrogen-bond donors (Lipinski definition) is 1. The third kappa shape index (κ3) is 3.19. The Balaban J connectivity index is 2.16. The number of nitrogens with one attached hydrogen (secondary N) is 1. The average Bonchev–Trinajstić information content (AvgIpc) is 2.92. The van der Waals surface area contributed by atoms with E-state index in [0.29, 0.717) is 0 Å². The van der Waals surface area contributed by atoms with Crippen LogP contribution in [0.4, 0.5) is 5.69 Å². The Labute approximate surface area is 116 Å². The summed E-state index contributed by atoms with van der Waals surface area (Å²) in [4.78, 5) is 11.9. The summed E-state index contributed by atoms with van der Waals surface area (Å²) >= 11 is 1.68. The van der Waals surface area contributed by atoms with Crippen molar-refractivity contribution >= 4 is 17.0 Å². The van der Waals surface area contributed by atoms with Crippen LogP contribution in [-0.2, 0) is 0 Å². The van der Waals surface area contributed by atoms with Crippen molar-refractivity contribution in [1.82, 2.24) is 5.32 Å². The third-order valence-corrected chi connectivity index (χ3v) is 4.12. The molecule has 0 saturated heterocycles. The second kappa shape index (κ2) is 5.95. The van der Waals surface area contributed by atoms with Gasteiger partial charge in [0.05, 0.1) is 4.92 Å². The smallest absolute Gasteiger partial charge is 0.274 e. The molecule has 19 heavy (non-hydrogen) atoms. The maximum absolute atomic E-state index is 11.0. The molecule has 2 aromatic rings. The first-order valence-corrected chi connectivity index (χ1v) is 7.00. The Morgan fingerprint density at radius 3 is 2.53 bits per heavy atom. The van der Waals surface area contributed by atoms with Crippen LogP contribution in [0, 0.1) is 10.1 Å². The first-order chi connectivity index (χ1) is 9.09. The highest BCUT2D eigenvalue weighted by molar-refractivity contribution is 7.10. The van der Waals surface area contributed by atoms with Gasteiger partial charge < -0.3 is 5.32 Å². The molecule has 1 heterocycles. The van der Waals surface area contributed by atoms with E-state index in [4.69, 9.17) is 0 Å². The molecule has 100 valence electrons. The summed E-state index contributed by atoms with van der Waals surface area (Å²) in [7, 11) is 0. The zero-order valence-electron chi connectivity index (χ0n) is 10.9. The van der Waals surface area contributed by atoms with E-state index >= 15 is 0 Å². The van der Waals surface area contributed by atoms with E-state index in [2.05, 4.69) is 18.3 Å². The van der Waals surface area contributed by atoms with Crippen LogP contribution in [0.3, 0.4) is 0 Å². The van der Waals surface area contributed by atoms with Crippen LogP contribution in [0.1, 0.15) is 36.4 Å². The predicted molar refractivity (Wildman–Crippen MR) is 77.4 cm³/mol. The van der Waals surface area contributed by atoms with Gasteiger partial charge in [-0.05, 0) is 25.3 Å². The van der Waals surface area contributed by atoms with E-state index < -0.39 is 0 Å². The predicted octanol–water partition coefficient (Wildman–Crippen LogP) is 4.07. The number of rotatable bonds is 5. The largest absolute Gasteiger partial charge is 0.303 e. The SMILES string of the molecule is CC(N[C@H](C)c1cccs1)c1ccccc1[N+](=O)[O-]. The van der Waals surface area contributed by atoms with Gasteiger partial charge >= 0.3 is 0 Å². The van der Waals surface area contributed by atoms with Crippen LogP contribution in [0.25, 0.3) is 0 Å². The monoisotopic (exact) mass is 276 g/mol. The summed E-state index contributed by atoms with van der Waals surface area (Å²) in [6, 6.07) is 11.0. The van der Waals surface area contributed by atoms with Crippen molar-refractivity contribution in [2.45, 2.75) is 25.9 Å². The molecule has 5 heteroatoms. The lowest BCUT2D eigenvalue weighted by molar-refractivity contribution is -0.385. The molecule has 0 bridgehead atoms. The molecule has 1 N–H and O–H groups in total. The van der Waals surface area contributed by atoms with Crippen LogP contribution < -0.4 is 5.32 Å². The minimum Gasteiger partial charge on any atom is -0.303 e. The van der Waals surface area contributed by atoms with E-state index in [9.17, 15) is 10.1 Å². The van der Waals surface area contributed by atoms with Gasteiger partial charge in [-0.3, -0.25) is 10.1 Å². The highest BCUT2D eigenvalue weighted by Gasteiger charge is 2.19. The number of thiophene rings is 1. The van der Waals surface area contributed by atoms with Gasteiger partial charge in [0.15, 0.2) is 0 Å². The van der Waals surface area contributed by atoms with Crippen molar-refractivity contribution in [2.24, 2.45) is 0 Å². The van der Waals surface area contributed by atoms with Gasteiger partial charge in [-0.25, -0.2) is 0 Å². The molecule has 1 aromatic carbocycles. The van der Waals surface area contributed by atoms with Gasteiger partial charge in [0.25, 0.3) is 5.69 Å². The molecule has 1 aromatic heterocycles. The fraction of sp³-hybridized carbons (Fsp3) is 0.286. The van der Waals surface area contributed by atoms with Gasteiger partial charge in [0.2, 0.25) is 0 Å². The Morgan fingerprint density at radius 2 is 1.89 bits per heavy atom. The number of para-hydroxylation sites is 1. The van der Waals surface area contributed by atoms with Crippen molar-refractivity contribution in [3.8, 4) is 0 Å². The maximum Gasteiger partial charge on any atom is 0.274 e. The average molecular weight is 276 g/mol. The van der Waals surface area contributed by atoms with Crippen molar-refractivity contribution in [1.29, 1.82) is 0 Å². The fourth-order valence-corrected chi connectivity index (χ4v) is 2.85. The zero-order chi connectivity index (χ0) is 13.8. The minimum atomic E-state index is -0.330. The maximum atomic E-state index is 11.0. The van der Waals surface area contributed by atoms with Gasteiger partial charge in [-0.2, -0.15) is 0 Å². The Hall–Kier alpha value is -1.72. The van der Waals surface area contributed by atoms with Crippen molar-refractivity contribution < 1.29 is 4.92 Å². The molecule has 0 spiro atoms.